The van der Waals surface area contributed by atoms with Crippen LogP contribution in [0.4, 0.5) is 4.39 Å². The van der Waals surface area contributed by atoms with Gasteiger partial charge in [-0.05, 0) is 41.5 Å². The molecule has 0 aromatic heterocycles. The lowest BCUT2D eigenvalue weighted by Crippen LogP contribution is -2.01. The van der Waals surface area contributed by atoms with Gasteiger partial charge in [0, 0.05) is 6.08 Å². The van der Waals surface area contributed by atoms with Gasteiger partial charge in [-0.25, -0.2) is 14.2 Å². The molecule has 2 aromatic rings. The fourth-order valence-corrected chi connectivity index (χ4v) is 2.39. The van der Waals surface area contributed by atoms with Crippen molar-refractivity contribution < 1.29 is 13.9 Å². The maximum Gasteiger partial charge on any atom is 0.363 e. The molecule has 0 atom stereocenters. The molecule has 0 fully saturated rings. The lowest BCUT2D eigenvalue weighted by Gasteiger charge is -1.99. The third kappa shape index (κ3) is 3.72. The fourth-order valence-electron chi connectivity index (χ4n) is 2.02. The molecule has 0 saturated carbocycles. The molecule has 0 unspecified atom stereocenters. The van der Waals surface area contributed by atoms with Crippen molar-refractivity contribution in [2.75, 3.05) is 0 Å². The molecule has 1 aliphatic rings. The lowest BCUT2D eigenvalue weighted by molar-refractivity contribution is -0.129. The number of aliphatic imine (C=N–C) groups is 1. The van der Waals surface area contributed by atoms with Crippen molar-refractivity contribution in [1.82, 2.24) is 0 Å². The minimum Gasteiger partial charge on any atom is -0.403 e. The largest absolute Gasteiger partial charge is 0.403 e. The van der Waals surface area contributed by atoms with Gasteiger partial charge in [0.05, 0.1) is 10.0 Å². The van der Waals surface area contributed by atoms with Crippen LogP contribution in [0, 0.1) is 5.82 Å². The van der Waals surface area contributed by atoms with E-state index < -0.39 is 5.97 Å². The average Bonchev–Trinajstić information content (AvgIpc) is 2.91. The van der Waals surface area contributed by atoms with Crippen molar-refractivity contribution in [1.29, 1.82) is 0 Å². The van der Waals surface area contributed by atoms with Crippen LogP contribution in [0.2, 0.25) is 10.0 Å². The highest BCUT2D eigenvalue weighted by molar-refractivity contribution is 6.42. The standard InChI is InChI=1S/C18H10Cl2FNO2/c19-14-3-1-2-12(17(14)20)6-9-16-22-15(18(23)24-16)10-11-4-7-13(21)8-5-11/h1-10H. The number of ether oxygens (including phenoxy) is 1. The van der Waals surface area contributed by atoms with Crippen molar-refractivity contribution in [3.8, 4) is 0 Å². The van der Waals surface area contributed by atoms with E-state index in [9.17, 15) is 9.18 Å². The monoisotopic (exact) mass is 361 g/mol. The molecule has 0 aliphatic carbocycles. The normalized spacial score (nSPS) is 15.9. The van der Waals surface area contributed by atoms with E-state index in [4.69, 9.17) is 27.9 Å². The van der Waals surface area contributed by atoms with Crippen LogP contribution < -0.4 is 0 Å². The van der Waals surface area contributed by atoms with Gasteiger partial charge in [0.1, 0.15) is 5.82 Å². The quantitative estimate of drug-likeness (QED) is 0.560. The Balaban J connectivity index is 1.82. The SMILES string of the molecule is O=C1OC(C=Cc2cccc(Cl)c2Cl)=NC1=Cc1ccc(F)cc1. The predicted molar refractivity (Wildman–Crippen MR) is 93.4 cm³/mol. The molecule has 120 valence electrons. The van der Waals surface area contributed by atoms with Crippen molar-refractivity contribution in [2.45, 2.75) is 0 Å². The number of cyclic esters (lactones) is 1. The van der Waals surface area contributed by atoms with Gasteiger partial charge < -0.3 is 4.74 Å². The fraction of sp³-hybridized carbons (Fsp3) is 0. The number of carbonyl (C=O) groups excluding carboxylic acids is 1. The number of hydrogen-bond acceptors (Lipinski definition) is 3. The van der Waals surface area contributed by atoms with E-state index in [1.54, 1.807) is 36.4 Å². The zero-order valence-electron chi connectivity index (χ0n) is 12.2. The second-order valence-electron chi connectivity index (χ2n) is 4.90. The van der Waals surface area contributed by atoms with Crippen LogP contribution in [0.3, 0.4) is 0 Å². The molecule has 6 heteroatoms. The molecular weight excluding hydrogens is 352 g/mol. The predicted octanol–water partition coefficient (Wildman–Crippen LogP) is 5.14. The molecule has 0 bridgehead atoms. The summed E-state index contributed by atoms with van der Waals surface area (Å²) in [6.07, 6.45) is 4.71. The summed E-state index contributed by atoms with van der Waals surface area (Å²) < 4.78 is 18.0. The van der Waals surface area contributed by atoms with Crippen LogP contribution in [0.25, 0.3) is 12.2 Å². The first-order valence-electron chi connectivity index (χ1n) is 6.93. The van der Waals surface area contributed by atoms with Crippen LogP contribution >= 0.6 is 23.2 Å². The van der Waals surface area contributed by atoms with E-state index >= 15 is 0 Å². The first kappa shape index (κ1) is 16.4. The van der Waals surface area contributed by atoms with Crippen LogP contribution in [0.1, 0.15) is 11.1 Å². The van der Waals surface area contributed by atoms with E-state index in [0.29, 0.717) is 21.2 Å². The number of benzene rings is 2. The summed E-state index contributed by atoms with van der Waals surface area (Å²) in [6, 6.07) is 10.9. The second kappa shape index (κ2) is 6.99. The second-order valence-corrected chi connectivity index (χ2v) is 5.68. The van der Waals surface area contributed by atoms with Gasteiger partial charge in [0.15, 0.2) is 5.70 Å². The third-order valence-electron chi connectivity index (χ3n) is 3.20. The van der Waals surface area contributed by atoms with E-state index in [-0.39, 0.29) is 17.4 Å². The van der Waals surface area contributed by atoms with Crippen LogP contribution in [0.15, 0.2) is 59.2 Å². The van der Waals surface area contributed by atoms with Crippen molar-refractivity contribution in [2.24, 2.45) is 4.99 Å². The molecule has 0 spiro atoms. The van der Waals surface area contributed by atoms with Gasteiger partial charge in [0.2, 0.25) is 5.90 Å². The Kier molecular flexibility index (Phi) is 4.79. The minimum absolute atomic E-state index is 0.137. The van der Waals surface area contributed by atoms with E-state index in [0.717, 1.165) is 0 Å². The Labute approximate surface area is 147 Å². The van der Waals surface area contributed by atoms with Crippen LogP contribution in [-0.4, -0.2) is 11.9 Å². The molecule has 0 saturated heterocycles. The molecule has 0 radical (unpaired) electrons. The molecule has 1 aliphatic heterocycles. The molecular formula is C18H10Cl2FNO2. The van der Waals surface area contributed by atoms with Gasteiger partial charge in [0.25, 0.3) is 0 Å². The molecule has 1 heterocycles. The zero-order valence-corrected chi connectivity index (χ0v) is 13.7. The van der Waals surface area contributed by atoms with Gasteiger partial charge in [-0.15, -0.1) is 0 Å². The van der Waals surface area contributed by atoms with E-state index in [1.165, 1.54) is 24.3 Å². The van der Waals surface area contributed by atoms with Crippen LogP contribution in [-0.2, 0) is 9.53 Å². The van der Waals surface area contributed by atoms with Gasteiger partial charge in [-0.2, -0.15) is 0 Å². The summed E-state index contributed by atoms with van der Waals surface area (Å²) >= 11 is 12.0. The lowest BCUT2D eigenvalue weighted by atomic mass is 10.2. The summed E-state index contributed by atoms with van der Waals surface area (Å²) in [5.41, 5.74) is 1.47. The zero-order chi connectivity index (χ0) is 17.1. The number of esters is 1. The topological polar surface area (TPSA) is 38.7 Å². The number of nitrogens with zero attached hydrogens (tertiary/aromatic N) is 1. The Morgan fingerprint density at radius 2 is 1.79 bits per heavy atom. The Morgan fingerprint density at radius 1 is 1.04 bits per heavy atom. The smallest absolute Gasteiger partial charge is 0.363 e. The minimum atomic E-state index is -0.573. The molecule has 24 heavy (non-hydrogen) atoms. The van der Waals surface area contributed by atoms with E-state index in [1.807, 2.05) is 0 Å². The number of rotatable bonds is 3. The maximum atomic E-state index is 12.9. The number of halogens is 3. The highest BCUT2D eigenvalue weighted by atomic mass is 35.5. The maximum absolute atomic E-state index is 12.9. The molecule has 0 N–H and O–H groups in total. The summed E-state index contributed by atoms with van der Waals surface area (Å²) in [4.78, 5) is 15.9. The Bertz CT molecular complexity index is 886. The average molecular weight is 362 g/mol. The Hall–Kier alpha value is -2.43. The third-order valence-corrected chi connectivity index (χ3v) is 4.03. The molecule has 3 nitrogen and oxygen atoms in total. The Morgan fingerprint density at radius 3 is 2.54 bits per heavy atom. The first-order valence-corrected chi connectivity index (χ1v) is 7.69. The molecule has 0 amide bonds. The summed E-state index contributed by atoms with van der Waals surface area (Å²) in [5.74, 6) is -0.780. The van der Waals surface area contributed by atoms with Crippen molar-refractivity contribution >= 4 is 47.2 Å². The molecule has 2 aromatic carbocycles. The molecule has 3 rings (SSSR count). The first-order chi connectivity index (χ1) is 11.5. The van der Waals surface area contributed by atoms with Crippen molar-refractivity contribution in [3.63, 3.8) is 0 Å². The highest BCUT2D eigenvalue weighted by Gasteiger charge is 2.21. The van der Waals surface area contributed by atoms with Gasteiger partial charge >= 0.3 is 5.97 Å². The number of carbonyl (C=O) groups is 1. The highest BCUT2D eigenvalue weighted by Crippen LogP contribution is 2.26. The van der Waals surface area contributed by atoms with Crippen molar-refractivity contribution in [3.05, 3.63) is 81.2 Å². The van der Waals surface area contributed by atoms with Crippen LogP contribution in [0.5, 0.6) is 0 Å². The summed E-state index contributed by atoms with van der Waals surface area (Å²) in [7, 11) is 0. The van der Waals surface area contributed by atoms with E-state index in [2.05, 4.69) is 4.99 Å². The van der Waals surface area contributed by atoms with Gasteiger partial charge in [-0.3, -0.25) is 0 Å². The van der Waals surface area contributed by atoms with Gasteiger partial charge in [-0.1, -0.05) is 47.5 Å². The summed E-state index contributed by atoms with van der Waals surface area (Å²) in [6.45, 7) is 0. The summed E-state index contributed by atoms with van der Waals surface area (Å²) in [5, 5.41) is 0.837. The number of hydrogen-bond donors (Lipinski definition) is 0.